The molecular weight excluding hydrogens is 224 g/mol. The molecule has 0 aromatic carbocycles. The number of hydrogen-bond donors (Lipinski definition) is 2. The van der Waals surface area contributed by atoms with Crippen LogP contribution in [0.3, 0.4) is 0 Å². The van der Waals surface area contributed by atoms with Crippen molar-refractivity contribution in [2.45, 2.75) is 72.4 Å². The summed E-state index contributed by atoms with van der Waals surface area (Å²) < 4.78 is 0. The lowest BCUT2D eigenvalue weighted by molar-refractivity contribution is -0.133. The Bertz CT molecular complexity index is 304. The first-order valence-corrected chi connectivity index (χ1v) is 7.17. The van der Waals surface area contributed by atoms with Crippen molar-refractivity contribution in [1.29, 1.82) is 0 Å². The standard InChI is InChI=1S/C15H30N2O/c1-10-8-7-9-12(11(10)2)17-13(18)14(3,4)15(5,6)16/h10-12H,7-9,16H2,1-6H3,(H,17,18). The smallest absolute Gasteiger partial charge is 0.227 e. The van der Waals surface area contributed by atoms with Crippen molar-refractivity contribution in [2.75, 3.05) is 0 Å². The number of rotatable bonds is 3. The summed E-state index contributed by atoms with van der Waals surface area (Å²) in [5, 5.41) is 3.23. The Balaban J connectivity index is 2.70. The molecule has 0 heterocycles. The van der Waals surface area contributed by atoms with E-state index >= 15 is 0 Å². The van der Waals surface area contributed by atoms with Gasteiger partial charge in [-0.1, -0.05) is 26.7 Å². The minimum Gasteiger partial charge on any atom is -0.353 e. The highest BCUT2D eigenvalue weighted by Gasteiger charge is 2.42. The van der Waals surface area contributed by atoms with Gasteiger partial charge in [0, 0.05) is 11.6 Å². The van der Waals surface area contributed by atoms with Gasteiger partial charge in [0.2, 0.25) is 5.91 Å². The lowest BCUT2D eigenvalue weighted by Gasteiger charge is -2.41. The highest BCUT2D eigenvalue weighted by Crippen LogP contribution is 2.32. The maximum Gasteiger partial charge on any atom is 0.227 e. The molecule has 0 aliphatic heterocycles. The zero-order chi connectivity index (χ0) is 14.1. The van der Waals surface area contributed by atoms with E-state index < -0.39 is 11.0 Å². The van der Waals surface area contributed by atoms with Gasteiger partial charge in [-0.05, 0) is 46.0 Å². The number of nitrogens with one attached hydrogen (secondary N) is 1. The maximum atomic E-state index is 12.4. The van der Waals surface area contributed by atoms with Gasteiger partial charge in [-0.2, -0.15) is 0 Å². The molecule has 3 heteroatoms. The third kappa shape index (κ3) is 3.05. The van der Waals surface area contributed by atoms with Crippen molar-refractivity contribution in [2.24, 2.45) is 23.0 Å². The van der Waals surface area contributed by atoms with E-state index in [0.29, 0.717) is 17.9 Å². The summed E-state index contributed by atoms with van der Waals surface area (Å²) >= 11 is 0. The van der Waals surface area contributed by atoms with Crippen LogP contribution in [0.4, 0.5) is 0 Å². The Hall–Kier alpha value is -0.570. The Morgan fingerprint density at radius 1 is 1.17 bits per heavy atom. The van der Waals surface area contributed by atoms with E-state index in [1.54, 1.807) is 0 Å². The lowest BCUT2D eigenvalue weighted by Crippen LogP contribution is -2.58. The molecule has 0 aromatic heterocycles. The average molecular weight is 254 g/mol. The largest absolute Gasteiger partial charge is 0.353 e. The number of nitrogens with two attached hydrogens (primary N) is 1. The van der Waals surface area contributed by atoms with Crippen LogP contribution in [-0.2, 0) is 4.79 Å². The molecule has 0 radical (unpaired) electrons. The molecule has 1 aliphatic rings. The van der Waals surface area contributed by atoms with Crippen LogP contribution < -0.4 is 11.1 Å². The van der Waals surface area contributed by atoms with Crippen molar-refractivity contribution in [3.8, 4) is 0 Å². The van der Waals surface area contributed by atoms with Crippen LogP contribution in [0.1, 0.15) is 60.8 Å². The van der Waals surface area contributed by atoms with Crippen molar-refractivity contribution >= 4 is 5.91 Å². The maximum absolute atomic E-state index is 12.4. The van der Waals surface area contributed by atoms with Crippen LogP contribution in [0.5, 0.6) is 0 Å². The molecule has 3 N–H and O–H groups in total. The van der Waals surface area contributed by atoms with E-state index in [9.17, 15) is 4.79 Å². The van der Waals surface area contributed by atoms with E-state index in [4.69, 9.17) is 5.73 Å². The van der Waals surface area contributed by atoms with Gasteiger partial charge in [-0.25, -0.2) is 0 Å². The van der Waals surface area contributed by atoms with Gasteiger partial charge in [-0.3, -0.25) is 4.79 Å². The molecule has 106 valence electrons. The van der Waals surface area contributed by atoms with E-state index in [1.165, 1.54) is 12.8 Å². The van der Waals surface area contributed by atoms with Gasteiger partial charge in [0.05, 0.1) is 5.41 Å². The van der Waals surface area contributed by atoms with Crippen molar-refractivity contribution < 1.29 is 4.79 Å². The van der Waals surface area contributed by atoms with E-state index in [0.717, 1.165) is 6.42 Å². The minimum absolute atomic E-state index is 0.0842. The molecule has 0 bridgehead atoms. The number of carbonyl (C=O) groups is 1. The molecule has 1 aliphatic carbocycles. The summed E-state index contributed by atoms with van der Waals surface area (Å²) in [5.74, 6) is 1.33. The second-order valence-electron chi connectivity index (χ2n) is 7.19. The molecule has 0 aromatic rings. The Kier molecular flexibility index (Phi) is 4.47. The third-order valence-electron chi connectivity index (χ3n) is 5.20. The van der Waals surface area contributed by atoms with E-state index in [2.05, 4.69) is 19.2 Å². The van der Waals surface area contributed by atoms with E-state index in [-0.39, 0.29) is 5.91 Å². The summed E-state index contributed by atoms with van der Waals surface area (Å²) in [4.78, 5) is 12.4. The van der Waals surface area contributed by atoms with E-state index in [1.807, 2.05) is 27.7 Å². The van der Waals surface area contributed by atoms with Crippen LogP contribution >= 0.6 is 0 Å². The molecule has 18 heavy (non-hydrogen) atoms. The fraction of sp³-hybridized carbons (Fsp3) is 0.933. The zero-order valence-corrected chi connectivity index (χ0v) is 12.8. The van der Waals surface area contributed by atoms with Gasteiger partial charge in [0.25, 0.3) is 0 Å². The third-order valence-corrected chi connectivity index (χ3v) is 5.20. The van der Waals surface area contributed by atoms with Crippen molar-refractivity contribution in [1.82, 2.24) is 5.32 Å². The molecule has 1 saturated carbocycles. The molecule has 3 nitrogen and oxygen atoms in total. The normalized spacial score (nSPS) is 30.1. The zero-order valence-electron chi connectivity index (χ0n) is 12.8. The second-order valence-corrected chi connectivity index (χ2v) is 7.19. The van der Waals surface area contributed by atoms with Gasteiger partial charge >= 0.3 is 0 Å². The summed E-state index contributed by atoms with van der Waals surface area (Å²) in [7, 11) is 0. The summed E-state index contributed by atoms with van der Waals surface area (Å²) in [6.07, 6.45) is 3.58. The fourth-order valence-electron chi connectivity index (χ4n) is 2.43. The summed E-state index contributed by atoms with van der Waals surface area (Å²) in [5.41, 5.74) is 5.06. The number of carbonyl (C=O) groups excluding carboxylic acids is 1. The average Bonchev–Trinajstić information content (AvgIpc) is 2.23. The molecule has 0 spiro atoms. The summed E-state index contributed by atoms with van der Waals surface area (Å²) in [6, 6.07) is 0.308. The van der Waals surface area contributed by atoms with Crippen LogP contribution in [-0.4, -0.2) is 17.5 Å². The highest BCUT2D eigenvalue weighted by molar-refractivity contribution is 5.83. The van der Waals surface area contributed by atoms with Gasteiger partial charge in [0.15, 0.2) is 0 Å². The number of amides is 1. The monoisotopic (exact) mass is 254 g/mol. The van der Waals surface area contributed by atoms with Crippen LogP contribution in [0, 0.1) is 17.3 Å². The molecule has 3 unspecified atom stereocenters. The topological polar surface area (TPSA) is 55.1 Å². The number of hydrogen-bond acceptors (Lipinski definition) is 2. The quantitative estimate of drug-likeness (QED) is 0.813. The van der Waals surface area contributed by atoms with Gasteiger partial charge in [0.1, 0.15) is 0 Å². The first kappa shape index (κ1) is 15.5. The molecule has 1 fully saturated rings. The molecular formula is C15H30N2O. The Morgan fingerprint density at radius 3 is 2.22 bits per heavy atom. The Morgan fingerprint density at radius 2 is 1.72 bits per heavy atom. The first-order chi connectivity index (χ1) is 8.07. The first-order valence-electron chi connectivity index (χ1n) is 7.17. The van der Waals surface area contributed by atoms with Crippen LogP contribution in [0.25, 0.3) is 0 Å². The lowest BCUT2D eigenvalue weighted by atomic mass is 9.73. The summed E-state index contributed by atoms with van der Waals surface area (Å²) in [6.45, 7) is 12.2. The molecule has 3 atom stereocenters. The van der Waals surface area contributed by atoms with Crippen LogP contribution in [0.15, 0.2) is 0 Å². The molecule has 1 amide bonds. The minimum atomic E-state index is -0.548. The predicted octanol–water partition coefficient (Wildman–Crippen LogP) is 2.69. The molecule has 1 rings (SSSR count). The van der Waals surface area contributed by atoms with Crippen molar-refractivity contribution in [3.05, 3.63) is 0 Å². The second kappa shape index (κ2) is 5.20. The van der Waals surface area contributed by atoms with Crippen molar-refractivity contribution in [3.63, 3.8) is 0 Å². The highest BCUT2D eigenvalue weighted by atomic mass is 16.2. The van der Waals surface area contributed by atoms with Crippen LogP contribution in [0.2, 0.25) is 0 Å². The molecule has 0 saturated heterocycles. The SMILES string of the molecule is CC1CCCC(NC(=O)C(C)(C)C(C)(C)N)C1C. The van der Waals surface area contributed by atoms with Gasteiger partial charge in [-0.15, -0.1) is 0 Å². The van der Waals surface area contributed by atoms with Gasteiger partial charge < -0.3 is 11.1 Å². The Labute approximate surface area is 112 Å². The predicted molar refractivity (Wildman–Crippen MR) is 76.2 cm³/mol. The fourth-order valence-corrected chi connectivity index (χ4v) is 2.43.